The van der Waals surface area contributed by atoms with Crippen molar-refractivity contribution in [3.05, 3.63) is 59.9 Å². The molecule has 2 aromatic rings. The first-order valence-electron chi connectivity index (χ1n) is 8.23. The minimum Gasteiger partial charge on any atom is -0.339 e. The molecule has 1 fully saturated rings. The van der Waals surface area contributed by atoms with E-state index in [1.165, 1.54) is 5.56 Å². The number of nitrogens with zero attached hydrogens (tertiary/aromatic N) is 3. The van der Waals surface area contributed by atoms with Gasteiger partial charge in [0.1, 0.15) is 0 Å². The molecule has 0 aliphatic carbocycles. The molecule has 0 bridgehead atoms. The maximum Gasteiger partial charge on any atom is 0.246 e. The van der Waals surface area contributed by atoms with Gasteiger partial charge >= 0.3 is 0 Å². The molecule has 1 atom stereocenters. The Bertz CT molecular complexity index is 675. The van der Waals surface area contributed by atoms with Crippen LogP contribution in [0.4, 0.5) is 0 Å². The van der Waals surface area contributed by atoms with Gasteiger partial charge < -0.3 is 4.90 Å². The van der Waals surface area contributed by atoms with Gasteiger partial charge in [-0.1, -0.05) is 30.3 Å². The Hall–Kier alpha value is -2.36. The monoisotopic (exact) mass is 309 g/mol. The first kappa shape index (κ1) is 15.5. The third kappa shape index (κ3) is 4.09. The molecule has 2 heterocycles. The molecule has 1 aromatic carbocycles. The number of aromatic nitrogens is 2. The van der Waals surface area contributed by atoms with E-state index in [4.69, 9.17) is 0 Å². The van der Waals surface area contributed by atoms with Crippen LogP contribution in [0.25, 0.3) is 6.08 Å². The van der Waals surface area contributed by atoms with E-state index < -0.39 is 0 Å². The van der Waals surface area contributed by atoms with Crippen molar-refractivity contribution in [2.45, 2.75) is 25.2 Å². The van der Waals surface area contributed by atoms with Crippen molar-refractivity contribution in [1.82, 2.24) is 14.7 Å². The van der Waals surface area contributed by atoms with E-state index in [9.17, 15) is 4.79 Å². The fourth-order valence-electron chi connectivity index (χ4n) is 3.17. The van der Waals surface area contributed by atoms with E-state index >= 15 is 0 Å². The van der Waals surface area contributed by atoms with Crippen molar-refractivity contribution in [3.8, 4) is 0 Å². The van der Waals surface area contributed by atoms with E-state index in [0.29, 0.717) is 5.92 Å². The second kappa shape index (κ2) is 7.27. The molecule has 0 N–H and O–H groups in total. The van der Waals surface area contributed by atoms with Gasteiger partial charge in [0.15, 0.2) is 0 Å². The van der Waals surface area contributed by atoms with Crippen LogP contribution in [0.1, 0.15) is 36.3 Å². The van der Waals surface area contributed by atoms with Crippen LogP contribution in [0.5, 0.6) is 0 Å². The van der Waals surface area contributed by atoms with Gasteiger partial charge in [0.25, 0.3) is 0 Å². The van der Waals surface area contributed by atoms with Gasteiger partial charge in [-0.3, -0.25) is 9.48 Å². The minimum absolute atomic E-state index is 0.0996. The summed E-state index contributed by atoms with van der Waals surface area (Å²) in [5, 5.41) is 4.11. The summed E-state index contributed by atoms with van der Waals surface area (Å²) in [7, 11) is 1.87. The van der Waals surface area contributed by atoms with E-state index in [1.807, 2.05) is 24.2 Å². The molecule has 1 aromatic heterocycles. The molecule has 1 aliphatic heterocycles. The average Bonchev–Trinajstić information content (AvgIpc) is 2.85. The molecule has 4 heteroatoms. The molecule has 4 nitrogen and oxygen atoms in total. The van der Waals surface area contributed by atoms with Crippen LogP contribution in [0.3, 0.4) is 0 Å². The van der Waals surface area contributed by atoms with Gasteiger partial charge in [0.05, 0.1) is 6.20 Å². The second-order valence-corrected chi connectivity index (χ2v) is 6.14. The first-order chi connectivity index (χ1) is 11.2. The summed E-state index contributed by atoms with van der Waals surface area (Å²) in [6.45, 7) is 1.68. The second-order valence-electron chi connectivity index (χ2n) is 6.14. The lowest BCUT2D eigenvalue weighted by Crippen LogP contribution is -2.30. The van der Waals surface area contributed by atoms with Gasteiger partial charge in [0, 0.05) is 38.0 Å². The SMILES string of the molecule is Cn1cc(C=CC(=O)N2CCCC(c3ccccc3)CC2)cn1. The Labute approximate surface area is 137 Å². The highest BCUT2D eigenvalue weighted by molar-refractivity contribution is 5.91. The lowest BCUT2D eigenvalue weighted by Gasteiger charge is -2.19. The Morgan fingerprint density at radius 1 is 1.22 bits per heavy atom. The van der Waals surface area contributed by atoms with Gasteiger partial charge in [-0.25, -0.2) is 0 Å². The first-order valence-corrected chi connectivity index (χ1v) is 8.23. The predicted molar refractivity (Wildman–Crippen MR) is 91.9 cm³/mol. The average molecular weight is 309 g/mol. The van der Waals surface area contributed by atoms with Crippen molar-refractivity contribution >= 4 is 12.0 Å². The highest BCUT2D eigenvalue weighted by Crippen LogP contribution is 2.27. The summed E-state index contributed by atoms with van der Waals surface area (Å²) in [5.41, 5.74) is 2.35. The molecule has 1 aliphatic rings. The van der Waals surface area contributed by atoms with Crippen LogP contribution in [0.15, 0.2) is 48.8 Å². The Kier molecular flexibility index (Phi) is 4.91. The number of aryl methyl sites for hydroxylation is 1. The quantitative estimate of drug-likeness (QED) is 0.816. The van der Waals surface area contributed by atoms with Gasteiger partial charge in [0.2, 0.25) is 5.91 Å². The molecule has 1 unspecified atom stereocenters. The molecule has 1 amide bonds. The summed E-state index contributed by atoms with van der Waals surface area (Å²) >= 11 is 0. The Morgan fingerprint density at radius 3 is 2.78 bits per heavy atom. The van der Waals surface area contributed by atoms with E-state index in [-0.39, 0.29) is 5.91 Å². The van der Waals surface area contributed by atoms with Crippen LogP contribution < -0.4 is 0 Å². The number of hydrogen-bond acceptors (Lipinski definition) is 2. The maximum atomic E-state index is 12.4. The zero-order valence-corrected chi connectivity index (χ0v) is 13.6. The standard InChI is InChI=1S/C19H23N3O/c1-21-15-16(14-20-21)9-10-19(23)22-12-5-8-18(11-13-22)17-6-3-2-4-7-17/h2-4,6-7,9-10,14-15,18H,5,8,11-13H2,1H3. The molecule has 0 spiro atoms. The van der Waals surface area contributed by atoms with Crippen molar-refractivity contribution < 1.29 is 4.79 Å². The fraction of sp³-hybridized carbons (Fsp3) is 0.368. The minimum atomic E-state index is 0.0996. The molecular weight excluding hydrogens is 286 g/mol. The molecule has 0 radical (unpaired) electrons. The highest BCUT2D eigenvalue weighted by atomic mass is 16.2. The lowest BCUT2D eigenvalue weighted by molar-refractivity contribution is -0.125. The number of amides is 1. The zero-order chi connectivity index (χ0) is 16.1. The number of carbonyl (C=O) groups is 1. The van der Waals surface area contributed by atoms with E-state index in [0.717, 1.165) is 37.9 Å². The number of benzene rings is 1. The summed E-state index contributed by atoms with van der Waals surface area (Å²) in [6, 6.07) is 10.6. The smallest absolute Gasteiger partial charge is 0.246 e. The fourth-order valence-corrected chi connectivity index (χ4v) is 3.17. The number of carbonyl (C=O) groups excluding carboxylic acids is 1. The van der Waals surface area contributed by atoms with Crippen LogP contribution >= 0.6 is 0 Å². The topological polar surface area (TPSA) is 38.1 Å². The van der Waals surface area contributed by atoms with Crippen LogP contribution in [-0.2, 0) is 11.8 Å². The molecule has 23 heavy (non-hydrogen) atoms. The Morgan fingerprint density at radius 2 is 2.04 bits per heavy atom. The van der Waals surface area contributed by atoms with Crippen LogP contribution in [-0.4, -0.2) is 33.7 Å². The van der Waals surface area contributed by atoms with Crippen LogP contribution in [0, 0.1) is 0 Å². The predicted octanol–water partition coefficient (Wildman–Crippen LogP) is 3.23. The summed E-state index contributed by atoms with van der Waals surface area (Å²) in [5.74, 6) is 0.666. The molecular formula is C19H23N3O. The van der Waals surface area contributed by atoms with Crippen molar-refractivity contribution in [3.63, 3.8) is 0 Å². The van der Waals surface area contributed by atoms with Crippen molar-refractivity contribution in [2.24, 2.45) is 7.05 Å². The van der Waals surface area contributed by atoms with Crippen molar-refractivity contribution in [1.29, 1.82) is 0 Å². The van der Waals surface area contributed by atoms with E-state index in [2.05, 4.69) is 35.4 Å². The molecule has 0 saturated carbocycles. The highest BCUT2D eigenvalue weighted by Gasteiger charge is 2.20. The van der Waals surface area contributed by atoms with Gasteiger partial charge in [-0.05, 0) is 36.8 Å². The largest absolute Gasteiger partial charge is 0.339 e. The normalized spacial score (nSPS) is 19.0. The van der Waals surface area contributed by atoms with Crippen molar-refractivity contribution in [2.75, 3.05) is 13.1 Å². The Balaban J connectivity index is 1.59. The third-order valence-corrected chi connectivity index (χ3v) is 4.45. The summed E-state index contributed by atoms with van der Waals surface area (Å²) in [6.07, 6.45) is 10.4. The van der Waals surface area contributed by atoms with Gasteiger partial charge in [-0.2, -0.15) is 5.10 Å². The molecule has 1 saturated heterocycles. The van der Waals surface area contributed by atoms with Gasteiger partial charge in [-0.15, -0.1) is 0 Å². The third-order valence-electron chi connectivity index (χ3n) is 4.45. The number of rotatable bonds is 3. The lowest BCUT2D eigenvalue weighted by atomic mass is 9.92. The molecule has 3 rings (SSSR count). The molecule has 120 valence electrons. The zero-order valence-electron chi connectivity index (χ0n) is 13.6. The number of hydrogen-bond donors (Lipinski definition) is 0. The maximum absolute atomic E-state index is 12.4. The van der Waals surface area contributed by atoms with E-state index in [1.54, 1.807) is 17.0 Å². The number of likely N-dealkylation sites (tertiary alicyclic amines) is 1. The summed E-state index contributed by atoms with van der Waals surface area (Å²) < 4.78 is 1.74. The van der Waals surface area contributed by atoms with Crippen LogP contribution in [0.2, 0.25) is 0 Å². The summed E-state index contributed by atoms with van der Waals surface area (Å²) in [4.78, 5) is 14.4.